The van der Waals surface area contributed by atoms with Crippen LogP contribution in [0.3, 0.4) is 0 Å². The van der Waals surface area contributed by atoms with E-state index in [-0.39, 0.29) is 23.2 Å². The highest BCUT2D eigenvalue weighted by atomic mass is 32.2. The molecule has 168 valence electrons. The molecule has 32 heavy (non-hydrogen) atoms. The van der Waals surface area contributed by atoms with Gasteiger partial charge in [0.05, 0.1) is 6.20 Å². The zero-order chi connectivity index (χ0) is 22.3. The van der Waals surface area contributed by atoms with Crippen LogP contribution >= 0.6 is 0 Å². The Hall–Kier alpha value is -2.55. The van der Waals surface area contributed by atoms with E-state index in [0.717, 1.165) is 37.1 Å². The molecule has 1 N–H and O–H groups in total. The predicted octanol–water partition coefficient (Wildman–Crippen LogP) is 2.99. The maximum Gasteiger partial charge on any atom is 0.243 e. The molecule has 1 fully saturated rings. The maximum atomic E-state index is 14.9. The molecule has 1 aliphatic heterocycles. The second kappa shape index (κ2) is 8.42. The largest absolute Gasteiger partial charge is 0.299 e. The summed E-state index contributed by atoms with van der Waals surface area (Å²) in [6.45, 7) is 2.08. The molecule has 2 atom stereocenters. The van der Waals surface area contributed by atoms with E-state index in [0.29, 0.717) is 11.6 Å². The Morgan fingerprint density at radius 1 is 1.19 bits per heavy atom. The van der Waals surface area contributed by atoms with Crippen molar-refractivity contribution >= 4 is 10.0 Å². The molecule has 0 amide bonds. The highest BCUT2D eigenvalue weighted by Crippen LogP contribution is 2.41. The standard InChI is InChI=1S/C24H27FN4O2S/c1-28-16-20(15-26-28)32(30,31)27-14-19-11-21-18(12-23(19)25)13-24(29-8-5-9-29)22(21)10-17-6-3-2-4-7-17/h2-4,6-7,11-12,15-16,22,24,27H,5,8-10,13-14H2,1H3. The van der Waals surface area contributed by atoms with Gasteiger partial charge in [-0.3, -0.25) is 9.58 Å². The van der Waals surface area contributed by atoms with Crippen LogP contribution in [0.2, 0.25) is 0 Å². The van der Waals surface area contributed by atoms with Gasteiger partial charge < -0.3 is 0 Å². The summed E-state index contributed by atoms with van der Waals surface area (Å²) in [5.74, 6) is -0.0951. The van der Waals surface area contributed by atoms with Gasteiger partial charge in [0.1, 0.15) is 10.7 Å². The Labute approximate surface area is 188 Å². The number of likely N-dealkylation sites (tertiary alicyclic amines) is 1. The van der Waals surface area contributed by atoms with E-state index in [1.165, 1.54) is 29.1 Å². The van der Waals surface area contributed by atoms with Crippen molar-refractivity contribution in [1.29, 1.82) is 0 Å². The zero-order valence-electron chi connectivity index (χ0n) is 18.0. The number of benzene rings is 2. The second-order valence-electron chi connectivity index (χ2n) is 8.77. The SMILES string of the molecule is Cn1cc(S(=O)(=O)NCc2cc3c(cc2F)CC(N2CCC2)C3Cc2ccccc2)cn1. The monoisotopic (exact) mass is 454 g/mol. The Morgan fingerprint density at radius 3 is 2.62 bits per heavy atom. The number of nitrogens with one attached hydrogen (secondary N) is 1. The number of rotatable bonds is 7. The molecule has 0 saturated carbocycles. The molecular formula is C24H27FN4O2S. The number of nitrogens with zero attached hydrogens (tertiary/aromatic N) is 3. The first-order valence-electron chi connectivity index (χ1n) is 11.0. The van der Waals surface area contributed by atoms with E-state index < -0.39 is 10.0 Å². The van der Waals surface area contributed by atoms with Gasteiger partial charge in [-0.25, -0.2) is 17.5 Å². The molecule has 2 heterocycles. The number of hydrogen-bond donors (Lipinski definition) is 1. The number of sulfonamides is 1. The van der Waals surface area contributed by atoms with Gasteiger partial charge in [-0.15, -0.1) is 0 Å². The van der Waals surface area contributed by atoms with Gasteiger partial charge in [0.2, 0.25) is 10.0 Å². The molecule has 8 heteroatoms. The summed E-state index contributed by atoms with van der Waals surface area (Å²) in [4.78, 5) is 2.57. The minimum atomic E-state index is -3.76. The lowest BCUT2D eigenvalue weighted by Gasteiger charge is -2.39. The number of aromatic nitrogens is 2. The highest BCUT2D eigenvalue weighted by molar-refractivity contribution is 7.89. The van der Waals surface area contributed by atoms with Gasteiger partial charge in [0.25, 0.3) is 0 Å². The zero-order valence-corrected chi connectivity index (χ0v) is 18.9. The Kier molecular flexibility index (Phi) is 5.61. The van der Waals surface area contributed by atoms with Crippen LogP contribution < -0.4 is 4.72 Å². The van der Waals surface area contributed by atoms with Gasteiger partial charge in [-0.1, -0.05) is 36.4 Å². The van der Waals surface area contributed by atoms with Crippen molar-refractivity contribution in [2.24, 2.45) is 7.05 Å². The third kappa shape index (κ3) is 4.10. The predicted molar refractivity (Wildman–Crippen MR) is 120 cm³/mol. The summed E-state index contributed by atoms with van der Waals surface area (Å²) in [7, 11) is -2.10. The van der Waals surface area contributed by atoms with Crippen molar-refractivity contribution in [1.82, 2.24) is 19.4 Å². The first kappa shape index (κ1) is 21.3. The molecule has 5 rings (SSSR count). The summed E-state index contributed by atoms with van der Waals surface area (Å²) in [6, 6.07) is 14.2. The number of aryl methyl sites for hydroxylation is 1. The molecule has 0 bridgehead atoms. The van der Waals surface area contributed by atoms with Crippen molar-refractivity contribution in [3.63, 3.8) is 0 Å². The Bertz CT molecular complexity index is 1220. The van der Waals surface area contributed by atoms with E-state index in [1.807, 2.05) is 24.3 Å². The number of halogens is 1. The normalized spacial score (nSPS) is 20.8. The first-order valence-corrected chi connectivity index (χ1v) is 12.5. The van der Waals surface area contributed by atoms with Crippen LogP contribution in [0.5, 0.6) is 0 Å². The van der Waals surface area contributed by atoms with Crippen LogP contribution in [0.15, 0.2) is 59.8 Å². The first-order chi connectivity index (χ1) is 15.4. The molecule has 1 aromatic heterocycles. The fourth-order valence-corrected chi connectivity index (χ4v) is 5.86. The summed E-state index contributed by atoms with van der Waals surface area (Å²) >= 11 is 0. The molecule has 1 aliphatic carbocycles. The van der Waals surface area contributed by atoms with Crippen LogP contribution in [0.25, 0.3) is 0 Å². The fraction of sp³-hybridized carbons (Fsp3) is 0.375. The van der Waals surface area contributed by atoms with Crippen LogP contribution in [0.4, 0.5) is 4.39 Å². The summed E-state index contributed by atoms with van der Waals surface area (Å²) in [5, 5.41) is 3.91. The molecule has 2 aromatic carbocycles. The minimum Gasteiger partial charge on any atom is -0.299 e. The van der Waals surface area contributed by atoms with Crippen molar-refractivity contribution in [2.75, 3.05) is 13.1 Å². The van der Waals surface area contributed by atoms with Gasteiger partial charge in [-0.2, -0.15) is 5.10 Å². The van der Waals surface area contributed by atoms with E-state index in [9.17, 15) is 12.8 Å². The Morgan fingerprint density at radius 2 is 1.97 bits per heavy atom. The lowest BCUT2D eigenvalue weighted by atomic mass is 9.88. The summed E-state index contributed by atoms with van der Waals surface area (Å²) < 4.78 is 44.0. The third-order valence-corrected chi connectivity index (χ3v) is 8.06. The molecule has 2 aliphatic rings. The smallest absolute Gasteiger partial charge is 0.243 e. The molecule has 1 saturated heterocycles. The number of fused-ring (bicyclic) bond motifs is 1. The fourth-order valence-electron chi connectivity index (χ4n) is 4.87. The molecular weight excluding hydrogens is 427 g/mol. The van der Waals surface area contributed by atoms with Crippen molar-refractivity contribution < 1.29 is 12.8 Å². The average Bonchev–Trinajstić information content (AvgIpc) is 3.31. The number of hydrogen-bond acceptors (Lipinski definition) is 4. The minimum absolute atomic E-state index is 0.0707. The van der Waals surface area contributed by atoms with Crippen LogP contribution in [0.1, 0.15) is 34.6 Å². The van der Waals surface area contributed by atoms with Crippen LogP contribution in [-0.4, -0.2) is 42.2 Å². The molecule has 6 nitrogen and oxygen atoms in total. The highest BCUT2D eigenvalue weighted by Gasteiger charge is 2.38. The quantitative estimate of drug-likeness (QED) is 0.596. The van der Waals surface area contributed by atoms with E-state index in [2.05, 4.69) is 26.9 Å². The molecule has 0 radical (unpaired) electrons. The lowest BCUT2D eigenvalue weighted by molar-refractivity contribution is 0.106. The second-order valence-corrected chi connectivity index (χ2v) is 10.5. The molecule has 3 aromatic rings. The molecule has 0 spiro atoms. The van der Waals surface area contributed by atoms with Crippen molar-refractivity contribution in [3.8, 4) is 0 Å². The lowest BCUT2D eigenvalue weighted by Crippen LogP contribution is -2.47. The van der Waals surface area contributed by atoms with Crippen molar-refractivity contribution in [2.45, 2.75) is 42.7 Å². The van der Waals surface area contributed by atoms with Crippen molar-refractivity contribution in [3.05, 3.63) is 82.9 Å². The van der Waals surface area contributed by atoms with E-state index in [4.69, 9.17) is 0 Å². The van der Waals surface area contributed by atoms with Gasteiger partial charge in [-0.05, 0) is 55.1 Å². The average molecular weight is 455 g/mol. The van der Waals surface area contributed by atoms with Crippen LogP contribution in [-0.2, 0) is 36.5 Å². The third-order valence-electron chi connectivity index (χ3n) is 6.70. The summed E-state index contributed by atoms with van der Waals surface area (Å²) in [6.07, 6.45) is 5.65. The Balaban J connectivity index is 1.42. The molecule has 2 unspecified atom stereocenters. The van der Waals surface area contributed by atoms with E-state index >= 15 is 0 Å². The van der Waals surface area contributed by atoms with Gasteiger partial charge in [0.15, 0.2) is 0 Å². The van der Waals surface area contributed by atoms with Crippen LogP contribution in [0, 0.1) is 5.82 Å². The van der Waals surface area contributed by atoms with E-state index in [1.54, 1.807) is 13.1 Å². The summed E-state index contributed by atoms with van der Waals surface area (Å²) in [5.41, 5.74) is 3.82. The van der Waals surface area contributed by atoms with Gasteiger partial charge >= 0.3 is 0 Å². The maximum absolute atomic E-state index is 14.9. The topological polar surface area (TPSA) is 67.2 Å². The van der Waals surface area contributed by atoms with Gasteiger partial charge in [0, 0.05) is 37.3 Å².